The van der Waals surface area contributed by atoms with Crippen LogP contribution < -0.4 is 11.3 Å². The van der Waals surface area contributed by atoms with Crippen molar-refractivity contribution >= 4 is 21.7 Å². The molecule has 0 aliphatic heterocycles. The largest absolute Gasteiger partial charge is 0.384 e. The Balaban J connectivity index is 2.59. The molecule has 1 aromatic carbocycles. The van der Waals surface area contributed by atoms with Gasteiger partial charge < -0.3 is 5.73 Å². The van der Waals surface area contributed by atoms with E-state index in [-0.39, 0.29) is 5.56 Å². The normalized spacial score (nSPS) is 10.5. The monoisotopic (exact) mass is 267 g/mol. The van der Waals surface area contributed by atoms with Gasteiger partial charge >= 0.3 is 0 Å². The van der Waals surface area contributed by atoms with Crippen molar-refractivity contribution in [1.82, 2.24) is 9.78 Å². The van der Waals surface area contributed by atoms with Gasteiger partial charge in [-0.2, -0.15) is 0 Å². The summed E-state index contributed by atoms with van der Waals surface area (Å²) in [7, 11) is 0. The van der Waals surface area contributed by atoms with Crippen molar-refractivity contribution in [3.05, 3.63) is 44.7 Å². The third-order valence-electron chi connectivity index (χ3n) is 2.14. The number of anilines is 1. The highest BCUT2D eigenvalue weighted by Gasteiger charge is 2.04. The van der Waals surface area contributed by atoms with E-state index >= 15 is 0 Å². The maximum atomic E-state index is 11.5. The van der Waals surface area contributed by atoms with Crippen LogP contribution in [0.4, 0.5) is 5.82 Å². The predicted molar refractivity (Wildman–Crippen MR) is 63.2 cm³/mol. The smallest absolute Gasteiger partial charge is 0.273 e. The number of hydrogen-bond acceptors (Lipinski definition) is 2. The van der Waals surface area contributed by atoms with Crippen LogP contribution >= 0.6 is 15.9 Å². The summed E-state index contributed by atoms with van der Waals surface area (Å²) in [6.45, 7) is 1.96. The summed E-state index contributed by atoms with van der Waals surface area (Å²) < 4.78 is 2.42. The molecule has 0 spiro atoms. The summed E-state index contributed by atoms with van der Waals surface area (Å²) in [6.07, 6.45) is 0. The number of hydrogen-bond donors (Lipinski definition) is 2. The number of nitrogens with one attached hydrogen (secondary N) is 1. The van der Waals surface area contributed by atoms with Crippen molar-refractivity contribution in [3.8, 4) is 5.69 Å². The first-order valence-electron chi connectivity index (χ1n) is 4.42. The maximum Gasteiger partial charge on any atom is 0.273 e. The lowest BCUT2D eigenvalue weighted by molar-refractivity contribution is 0.852. The van der Waals surface area contributed by atoms with Crippen molar-refractivity contribution in [2.24, 2.45) is 0 Å². The third-order valence-corrected chi connectivity index (χ3v) is 3.03. The number of nitrogens with two attached hydrogens (primary N) is 1. The zero-order chi connectivity index (χ0) is 11.0. The first-order valence-corrected chi connectivity index (χ1v) is 5.21. The van der Waals surface area contributed by atoms with Crippen LogP contribution in [0.3, 0.4) is 0 Å². The highest BCUT2D eigenvalue weighted by Crippen LogP contribution is 2.18. The average molecular weight is 268 g/mol. The topological polar surface area (TPSA) is 63.8 Å². The van der Waals surface area contributed by atoms with Crippen LogP contribution in [0.2, 0.25) is 0 Å². The van der Waals surface area contributed by atoms with Gasteiger partial charge in [-0.05, 0) is 30.7 Å². The summed E-state index contributed by atoms with van der Waals surface area (Å²) in [5, 5.41) is 2.77. The molecule has 5 heteroatoms. The molecule has 78 valence electrons. The van der Waals surface area contributed by atoms with E-state index in [1.807, 2.05) is 25.1 Å². The third kappa shape index (κ3) is 1.83. The molecule has 0 unspecified atom stereocenters. The quantitative estimate of drug-likeness (QED) is 0.828. The number of aromatic amines is 1. The van der Waals surface area contributed by atoms with E-state index in [9.17, 15) is 4.79 Å². The molecule has 2 aromatic rings. The lowest BCUT2D eigenvalue weighted by Crippen LogP contribution is -2.13. The van der Waals surface area contributed by atoms with Crippen LogP contribution in [-0.2, 0) is 0 Å². The van der Waals surface area contributed by atoms with Crippen LogP contribution in [-0.4, -0.2) is 9.78 Å². The fraction of sp³-hybridized carbons (Fsp3) is 0.100. The second-order valence-corrected chi connectivity index (χ2v) is 4.17. The molecule has 2 rings (SSSR count). The van der Waals surface area contributed by atoms with Crippen LogP contribution in [0.5, 0.6) is 0 Å². The minimum Gasteiger partial charge on any atom is -0.384 e. The van der Waals surface area contributed by atoms with Gasteiger partial charge in [-0.3, -0.25) is 9.89 Å². The Labute approximate surface area is 94.8 Å². The van der Waals surface area contributed by atoms with E-state index in [1.54, 1.807) is 0 Å². The van der Waals surface area contributed by atoms with E-state index in [4.69, 9.17) is 5.73 Å². The van der Waals surface area contributed by atoms with Crippen molar-refractivity contribution in [2.45, 2.75) is 6.92 Å². The van der Waals surface area contributed by atoms with E-state index in [2.05, 4.69) is 21.0 Å². The van der Waals surface area contributed by atoms with Gasteiger partial charge in [0.15, 0.2) is 0 Å². The number of halogens is 1. The molecule has 15 heavy (non-hydrogen) atoms. The fourth-order valence-corrected chi connectivity index (χ4v) is 1.62. The number of rotatable bonds is 1. The molecule has 4 nitrogen and oxygen atoms in total. The molecule has 0 bridgehead atoms. The molecule has 0 aliphatic carbocycles. The van der Waals surface area contributed by atoms with Gasteiger partial charge in [0.25, 0.3) is 5.56 Å². The molecule has 1 heterocycles. The van der Waals surface area contributed by atoms with Gasteiger partial charge in [0.05, 0.1) is 5.69 Å². The van der Waals surface area contributed by atoms with Crippen molar-refractivity contribution in [2.75, 3.05) is 5.73 Å². The minimum atomic E-state index is -0.158. The Kier molecular flexibility index (Phi) is 2.40. The Morgan fingerprint density at radius 1 is 1.40 bits per heavy atom. The first kappa shape index (κ1) is 10.0. The van der Waals surface area contributed by atoms with E-state index in [1.165, 1.54) is 10.7 Å². The summed E-state index contributed by atoms with van der Waals surface area (Å²) >= 11 is 3.40. The summed E-state index contributed by atoms with van der Waals surface area (Å²) in [5.41, 5.74) is 7.18. The molecule has 3 N–H and O–H groups in total. The second-order valence-electron chi connectivity index (χ2n) is 3.32. The van der Waals surface area contributed by atoms with Gasteiger partial charge in [0.1, 0.15) is 5.82 Å². The summed E-state index contributed by atoms with van der Waals surface area (Å²) in [5.74, 6) is 0.362. The molecule has 0 aliphatic rings. The molecular formula is C10H10BrN3O. The Morgan fingerprint density at radius 3 is 2.67 bits per heavy atom. The van der Waals surface area contributed by atoms with Crippen LogP contribution in [0, 0.1) is 6.92 Å². The highest BCUT2D eigenvalue weighted by molar-refractivity contribution is 9.10. The first-order chi connectivity index (χ1) is 7.08. The number of aryl methyl sites for hydroxylation is 1. The van der Waals surface area contributed by atoms with E-state index in [0.717, 1.165) is 15.7 Å². The van der Waals surface area contributed by atoms with Crippen molar-refractivity contribution < 1.29 is 0 Å². The molecule has 1 aromatic heterocycles. The highest BCUT2D eigenvalue weighted by atomic mass is 79.9. The Bertz CT molecular complexity index is 556. The van der Waals surface area contributed by atoms with E-state index in [0.29, 0.717) is 5.82 Å². The lowest BCUT2D eigenvalue weighted by Gasteiger charge is -2.04. The average Bonchev–Trinajstić information content (AvgIpc) is 2.50. The van der Waals surface area contributed by atoms with Crippen LogP contribution in [0.1, 0.15) is 5.56 Å². The summed E-state index contributed by atoms with van der Waals surface area (Å²) in [6, 6.07) is 7.00. The number of nitrogen functional groups attached to an aromatic ring is 1. The fourth-order valence-electron chi connectivity index (χ4n) is 1.37. The zero-order valence-electron chi connectivity index (χ0n) is 8.12. The maximum absolute atomic E-state index is 11.5. The number of H-pyrrole nitrogens is 1. The van der Waals surface area contributed by atoms with Crippen LogP contribution in [0.25, 0.3) is 5.69 Å². The van der Waals surface area contributed by atoms with Gasteiger partial charge in [0.2, 0.25) is 0 Å². The Morgan fingerprint density at radius 2 is 2.13 bits per heavy atom. The van der Waals surface area contributed by atoms with Gasteiger partial charge in [0, 0.05) is 10.5 Å². The lowest BCUT2D eigenvalue weighted by atomic mass is 10.2. The number of nitrogens with zero attached hydrogens (tertiary/aromatic N) is 1. The molecular weight excluding hydrogens is 258 g/mol. The zero-order valence-corrected chi connectivity index (χ0v) is 9.71. The molecule has 0 radical (unpaired) electrons. The molecule has 0 fully saturated rings. The van der Waals surface area contributed by atoms with Gasteiger partial charge in [-0.15, -0.1) is 0 Å². The van der Waals surface area contributed by atoms with E-state index < -0.39 is 0 Å². The minimum absolute atomic E-state index is 0.158. The standard InChI is InChI=1S/C10H10BrN3O/c1-6-4-7(2-3-8(6)11)14-10(15)5-9(12)13-14/h2-5,13H,12H2,1H3. The number of benzene rings is 1. The molecule has 0 saturated heterocycles. The SMILES string of the molecule is Cc1cc(-n2[nH]c(N)cc2=O)ccc1Br. The molecule has 0 saturated carbocycles. The predicted octanol–water partition coefficient (Wildman–Crippen LogP) is 1.82. The second kappa shape index (κ2) is 3.58. The van der Waals surface area contributed by atoms with Gasteiger partial charge in [-0.25, -0.2) is 4.68 Å². The molecule has 0 amide bonds. The Hall–Kier alpha value is -1.49. The molecule has 0 atom stereocenters. The number of aromatic nitrogens is 2. The van der Waals surface area contributed by atoms with Crippen molar-refractivity contribution in [3.63, 3.8) is 0 Å². The van der Waals surface area contributed by atoms with Crippen LogP contribution in [0.15, 0.2) is 33.5 Å². The van der Waals surface area contributed by atoms with Crippen molar-refractivity contribution in [1.29, 1.82) is 0 Å². The summed E-state index contributed by atoms with van der Waals surface area (Å²) in [4.78, 5) is 11.5. The van der Waals surface area contributed by atoms with Gasteiger partial charge in [-0.1, -0.05) is 15.9 Å².